The molecule has 0 bridgehead atoms. The van der Waals surface area contributed by atoms with E-state index >= 15 is 0 Å². The summed E-state index contributed by atoms with van der Waals surface area (Å²) < 4.78 is 11.3. The first-order chi connectivity index (χ1) is 12.6. The molecule has 1 aliphatic rings. The maximum Gasteiger partial charge on any atom is 0.350 e. The molecule has 2 aromatic carbocycles. The molecule has 6 heteroatoms. The van der Waals surface area contributed by atoms with Crippen LogP contribution in [-0.2, 0) is 6.61 Å². The van der Waals surface area contributed by atoms with E-state index in [4.69, 9.17) is 15.2 Å². The zero-order valence-corrected chi connectivity index (χ0v) is 15.0. The second-order valence-corrected chi connectivity index (χ2v) is 6.61. The maximum absolute atomic E-state index is 13.0. The standard InChI is InChI=1S/C20H24N2O4/c1-25-18-11-16(20(24)22(14-23)9-5-6-10-22)17(21)12-19(18)26-13-15-7-3-2-4-8-15/h2-4,7-8,11-12,23H,5-6,9-10,13-14H2,1H3,(H-,21,24)/p+1. The van der Waals surface area contributed by atoms with E-state index in [1.54, 1.807) is 12.1 Å². The van der Waals surface area contributed by atoms with E-state index < -0.39 is 0 Å². The highest BCUT2D eigenvalue weighted by molar-refractivity contribution is 5.96. The van der Waals surface area contributed by atoms with Crippen LogP contribution in [0.2, 0.25) is 0 Å². The van der Waals surface area contributed by atoms with Crippen LogP contribution in [0.1, 0.15) is 28.8 Å². The summed E-state index contributed by atoms with van der Waals surface area (Å²) in [5.74, 6) is 0.770. The highest BCUT2D eigenvalue weighted by Crippen LogP contribution is 2.35. The first-order valence-corrected chi connectivity index (χ1v) is 8.76. The molecule has 0 atom stereocenters. The van der Waals surface area contributed by atoms with Crippen LogP contribution in [0.25, 0.3) is 0 Å². The van der Waals surface area contributed by atoms with Gasteiger partial charge in [0.25, 0.3) is 0 Å². The Morgan fingerprint density at radius 3 is 2.46 bits per heavy atom. The number of likely N-dealkylation sites (tertiary alicyclic amines) is 1. The zero-order chi connectivity index (χ0) is 18.6. The molecule has 1 saturated heterocycles. The minimum Gasteiger partial charge on any atom is -0.493 e. The quantitative estimate of drug-likeness (QED) is 0.613. The molecule has 1 heterocycles. The van der Waals surface area contributed by atoms with Gasteiger partial charge in [0.2, 0.25) is 0 Å². The molecule has 0 saturated carbocycles. The number of aliphatic hydroxyl groups is 1. The van der Waals surface area contributed by atoms with Crippen LogP contribution in [-0.4, -0.2) is 42.4 Å². The highest BCUT2D eigenvalue weighted by atomic mass is 16.5. The van der Waals surface area contributed by atoms with Gasteiger partial charge in [0, 0.05) is 25.0 Å². The first kappa shape index (κ1) is 18.2. The van der Waals surface area contributed by atoms with Crippen molar-refractivity contribution >= 4 is 11.6 Å². The van der Waals surface area contributed by atoms with E-state index in [2.05, 4.69) is 0 Å². The average Bonchev–Trinajstić information content (AvgIpc) is 3.17. The summed E-state index contributed by atoms with van der Waals surface area (Å²) in [5, 5.41) is 9.79. The Hall–Kier alpha value is -2.57. The normalized spacial score (nSPS) is 15.6. The van der Waals surface area contributed by atoms with Gasteiger partial charge < -0.3 is 20.3 Å². The SMILES string of the molecule is COc1cc(C(=O)[N+]2(CO)CCCC2)c(N)cc1OCc1ccccc1. The van der Waals surface area contributed by atoms with Crippen molar-refractivity contribution in [2.75, 3.05) is 32.7 Å². The fourth-order valence-electron chi connectivity index (χ4n) is 3.37. The molecular weight excluding hydrogens is 332 g/mol. The molecule has 1 aliphatic heterocycles. The van der Waals surface area contributed by atoms with Crippen LogP contribution in [0.3, 0.4) is 0 Å². The van der Waals surface area contributed by atoms with Crippen LogP contribution in [0.15, 0.2) is 42.5 Å². The van der Waals surface area contributed by atoms with E-state index in [0.717, 1.165) is 18.4 Å². The number of hydrogen-bond donors (Lipinski definition) is 2. The molecule has 2 aromatic rings. The molecule has 0 spiro atoms. The predicted octanol–water partition coefficient (Wildman–Crippen LogP) is 2.56. The second-order valence-electron chi connectivity index (χ2n) is 6.61. The number of nitrogen functional groups attached to an aromatic ring is 1. The van der Waals surface area contributed by atoms with E-state index in [0.29, 0.717) is 42.4 Å². The number of hydrogen-bond acceptors (Lipinski definition) is 5. The van der Waals surface area contributed by atoms with E-state index in [-0.39, 0.29) is 17.1 Å². The molecule has 3 rings (SSSR count). The van der Waals surface area contributed by atoms with Crippen LogP contribution in [0.4, 0.5) is 5.69 Å². The lowest BCUT2D eigenvalue weighted by molar-refractivity contribution is -0.856. The molecule has 0 aliphatic carbocycles. The van der Waals surface area contributed by atoms with Gasteiger partial charge in [-0.15, -0.1) is 0 Å². The summed E-state index contributed by atoms with van der Waals surface area (Å²) in [4.78, 5) is 13.0. The molecule has 1 amide bonds. The predicted molar refractivity (Wildman–Crippen MR) is 98.8 cm³/mol. The number of methoxy groups -OCH3 is 1. The monoisotopic (exact) mass is 357 g/mol. The molecule has 138 valence electrons. The number of ether oxygens (including phenoxy) is 2. The van der Waals surface area contributed by atoms with Crippen molar-refractivity contribution in [3.8, 4) is 11.5 Å². The van der Waals surface area contributed by atoms with Gasteiger partial charge in [-0.2, -0.15) is 0 Å². The Morgan fingerprint density at radius 1 is 1.15 bits per heavy atom. The molecule has 26 heavy (non-hydrogen) atoms. The van der Waals surface area contributed by atoms with E-state index in [1.807, 2.05) is 30.3 Å². The van der Waals surface area contributed by atoms with Crippen molar-refractivity contribution in [3.05, 3.63) is 53.6 Å². The minimum atomic E-state index is -0.215. The number of nitrogens with zero attached hydrogens (tertiary/aromatic N) is 1. The van der Waals surface area contributed by atoms with Gasteiger partial charge in [-0.3, -0.25) is 0 Å². The molecule has 0 radical (unpaired) electrons. The summed E-state index contributed by atoms with van der Waals surface area (Å²) in [7, 11) is 1.53. The van der Waals surface area contributed by atoms with Crippen molar-refractivity contribution in [1.82, 2.24) is 0 Å². The number of anilines is 1. The smallest absolute Gasteiger partial charge is 0.350 e. The highest BCUT2D eigenvalue weighted by Gasteiger charge is 2.41. The van der Waals surface area contributed by atoms with Gasteiger partial charge in [0.1, 0.15) is 12.2 Å². The van der Waals surface area contributed by atoms with Crippen molar-refractivity contribution in [3.63, 3.8) is 0 Å². The van der Waals surface area contributed by atoms with Crippen molar-refractivity contribution in [2.45, 2.75) is 19.4 Å². The van der Waals surface area contributed by atoms with Gasteiger partial charge in [0.15, 0.2) is 18.2 Å². The second kappa shape index (κ2) is 7.76. The number of benzene rings is 2. The van der Waals surface area contributed by atoms with Crippen LogP contribution in [0, 0.1) is 0 Å². The molecule has 3 N–H and O–H groups in total. The molecule has 0 aromatic heterocycles. The lowest BCUT2D eigenvalue weighted by atomic mass is 10.1. The zero-order valence-electron chi connectivity index (χ0n) is 15.0. The number of amides is 1. The summed E-state index contributed by atoms with van der Waals surface area (Å²) in [5.41, 5.74) is 7.87. The number of aliphatic hydroxyl groups excluding tert-OH is 1. The fraction of sp³-hybridized carbons (Fsp3) is 0.350. The molecule has 0 unspecified atom stereocenters. The maximum atomic E-state index is 13.0. The fourth-order valence-corrected chi connectivity index (χ4v) is 3.37. The van der Waals surface area contributed by atoms with Gasteiger partial charge in [-0.1, -0.05) is 30.3 Å². The first-order valence-electron chi connectivity index (χ1n) is 8.76. The molecule has 1 fully saturated rings. The summed E-state index contributed by atoms with van der Waals surface area (Å²) in [6.07, 6.45) is 1.84. The Bertz CT molecular complexity index is 771. The number of carbonyl (C=O) groups is 1. The number of nitrogens with two attached hydrogens (primary N) is 1. The van der Waals surface area contributed by atoms with Crippen molar-refractivity contribution in [2.24, 2.45) is 0 Å². The van der Waals surface area contributed by atoms with Crippen LogP contribution < -0.4 is 15.2 Å². The summed E-state index contributed by atoms with van der Waals surface area (Å²) in [6.45, 7) is 1.42. The lowest BCUT2D eigenvalue weighted by Gasteiger charge is -2.29. The number of carbonyl (C=O) groups excluding carboxylic acids is 1. The third-order valence-corrected chi connectivity index (χ3v) is 4.93. The van der Waals surface area contributed by atoms with Gasteiger partial charge in [0.05, 0.1) is 25.9 Å². The number of rotatable bonds is 6. The van der Waals surface area contributed by atoms with Crippen molar-refractivity contribution < 1.29 is 23.9 Å². The van der Waals surface area contributed by atoms with Gasteiger partial charge in [-0.25, -0.2) is 9.28 Å². The van der Waals surface area contributed by atoms with E-state index in [9.17, 15) is 9.90 Å². The van der Waals surface area contributed by atoms with Crippen LogP contribution in [0.5, 0.6) is 11.5 Å². The third-order valence-electron chi connectivity index (χ3n) is 4.93. The van der Waals surface area contributed by atoms with Crippen LogP contribution >= 0.6 is 0 Å². The topological polar surface area (TPSA) is 81.8 Å². The molecular formula is C20H25N2O4+. The largest absolute Gasteiger partial charge is 0.493 e. The van der Waals surface area contributed by atoms with Gasteiger partial charge >= 0.3 is 5.91 Å². The minimum absolute atomic E-state index is 0.0254. The Balaban J connectivity index is 1.86. The number of quaternary nitrogens is 1. The van der Waals surface area contributed by atoms with Crippen molar-refractivity contribution in [1.29, 1.82) is 0 Å². The third kappa shape index (κ3) is 3.52. The van der Waals surface area contributed by atoms with Gasteiger partial charge in [-0.05, 0) is 5.56 Å². The average molecular weight is 357 g/mol. The Kier molecular flexibility index (Phi) is 5.44. The summed E-state index contributed by atoms with van der Waals surface area (Å²) >= 11 is 0. The van der Waals surface area contributed by atoms with E-state index in [1.165, 1.54) is 7.11 Å². The Labute approximate surface area is 153 Å². The molecule has 6 nitrogen and oxygen atoms in total. The lowest BCUT2D eigenvalue weighted by Crippen LogP contribution is -2.51. The summed E-state index contributed by atoms with van der Waals surface area (Å²) in [6, 6.07) is 13.0. The Morgan fingerprint density at radius 2 is 1.85 bits per heavy atom.